The smallest absolute Gasteiger partial charge is 0.323 e. The number of carboxylic acid groups (broad SMARTS) is 1. The third kappa shape index (κ3) is 3.64. The molecule has 19 heavy (non-hydrogen) atoms. The lowest BCUT2D eigenvalue weighted by atomic mass is 10.1. The molecule has 100 valence electrons. The van der Waals surface area contributed by atoms with Gasteiger partial charge >= 0.3 is 5.97 Å². The van der Waals surface area contributed by atoms with Gasteiger partial charge in [-0.05, 0) is 18.4 Å². The number of carboxylic acids is 1. The predicted molar refractivity (Wildman–Crippen MR) is 71.3 cm³/mol. The minimum atomic E-state index is -0.985. The Morgan fingerprint density at radius 1 is 1.42 bits per heavy atom. The third-order valence-electron chi connectivity index (χ3n) is 3.03. The number of carbonyl (C=O) groups is 2. The molecule has 0 aliphatic carbocycles. The first-order valence-electron chi connectivity index (χ1n) is 6.25. The Labute approximate surface area is 111 Å². The minimum absolute atomic E-state index is 0.194. The van der Waals surface area contributed by atoms with Crippen LogP contribution >= 0.6 is 0 Å². The number of aliphatic imine (C=N–C) groups is 1. The fourth-order valence-corrected chi connectivity index (χ4v) is 2.09. The summed E-state index contributed by atoms with van der Waals surface area (Å²) in [5.74, 6) is -1.18. The lowest BCUT2D eigenvalue weighted by Crippen LogP contribution is -2.45. The predicted octanol–water partition coefficient (Wildman–Crippen LogP) is 1.18. The molecule has 1 amide bonds. The Kier molecular flexibility index (Phi) is 4.28. The topological polar surface area (TPSA) is 70.0 Å². The molecule has 1 heterocycles. The first-order valence-corrected chi connectivity index (χ1v) is 6.25. The van der Waals surface area contributed by atoms with E-state index < -0.39 is 12.0 Å². The van der Waals surface area contributed by atoms with Crippen LogP contribution in [0.1, 0.15) is 18.4 Å². The zero-order valence-corrected chi connectivity index (χ0v) is 10.5. The van der Waals surface area contributed by atoms with Gasteiger partial charge in [-0.15, -0.1) is 0 Å². The van der Waals surface area contributed by atoms with E-state index in [1.54, 1.807) is 6.21 Å². The number of amides is 1. The maximum absolute atomic E-state index is 12.0. The lowest BCUT2D eigenvalue weighted by molar-refractivity contribution is -0.146. The summed E-state index contributed by atoms with van der Waals surface area (Å²) >= 11 is 0. The summed E-state index contributed by atoms with van der Waals surface area (Å²) in [5, 5.41) is 8.75. The highest BCUT2D eigenvalue weighted by atomic mass is 16.4. The average Bonchev–Trinajstić information content (AvgIpc) is 2.40. The van der Waals surface area contributed by atoms with Crippen molar-refractivity contribution in [2.24, 2.45) is 4.99 Å². The second-order valence-corrected chi connectivity index (χ2v) is 4.50. The number of rotatable bonds is 4. The maximum Gasteiger partial charge on any atom is 0.323 e. The quantitative estimate of drug-likeness (QED) is 0.826. The van der Waals surface area contributed by atoms with Gasteiger partial charge in [0.2, 0.25) is 5.91 Å². The molecule has 1 saturated heterocycles. The van der Waals surface area contributed by atoms with Crippen LogP contribution in [0.4, 0.5) is 0 Å². The van der Waals surface area contributed by atoms with Crippen LogP contribution in [0.2, 0.25) is 0 Å². The van der Waals surface area contributed by atoms with Crippen LogP contribution in [0.5, 0.6) is 0 Å². The Morgan fingerprint density at radius 2 is 2.16 bits per heavy atom. The van der Waals surface area contributed by atoms with Gasteiger partial charge in [-0.3, -0.25) is 14.6 Å². The van der Waals surface area contributed by atoms with Crippen LogP contribution in [-0.2, 0) is 9.59 Å². The van der Waals surface area contributed by atoms with Gasteiger partial charge in [0.1, 0.15) is 12.6 Å². The number of hydrogen-bond donors (Lipinski definition) is 1. The number of likely N-dealkylation sites (tertiary alicyclic amines) is 1. The SMILES string of the molecule is O=C(O)CN1CCCC(N=Cc2ccccc2)C1=O. The van der Waals surface area contributed by atoms with Crippen LogP contribution in [0.3, 0.4) is 0 Å². The van der Waals surface area contributed by atoms with Crippen molar-refractivity contribution in [3.8, 4) is 0 Å². The fourth-order valence-electron chi connectivity index (χ4n) is 2.09. The standard InChI is InChI=1S/C14H16N2O3/c17-13(18)10-16-8-4-7-12(14(16)19)15-9-11-5-2-1-3-6-11/h1-3,5-6,9,12H,4,7-8,10H2,(H,17,18). The molecule has 0 spiro atoms. The van der Waals surface area contributed by atoms with E-state index in [9.17, 15) is 9.59 Å². The number of carbonyl (C=O) groups excluding carboxylic acids is 1. The van der Waals surface area contributed by atoms with Crippen LogP contribution < -0.4 is 0 Å². The van der Waals surface area contributed by atoms with E-state index in [0.717, 1.165) is 12.0 Å². The lowest BCUT2D eigenvalue weighted by Gasteiger charge is -2.29. The molecule has 5 nitrogen and oxygen atoms in total. The molecule has 0 saturated carbocycles. The molecule has 0 bridgehead atoms. The van der Waals surface area contributed by atoms with Crippen molar-refractivity contribution in [2.75, 3.05) is 13.1 Å². The molecule has 1 aromatic rings. The number of aliphatic carboxylic acids is 1. The maximum atomic E-state index is 12.0. The molecule has 5 heteroatoms. The average molecular weight is 260 g/mol. The van der Waals surface area contributed by atoms with Crippen LogP contribution in [-0.4, -0.2) is 47.2 Å². The molecule has 2 rings (SSSR count). The number of nitrogens with zero attached hydrogens (tertiary/aromatic N) is 2. The van der Waals surface area contributed by atoms with Crippen molar-refractivity contribution in [2.45, 2.75) is 18.9 Å². The van der Waals surface area contributed by atoms with E-state index in [2.05, 4.69) is 4.99 Å². The third-order valence-corrected chi connectivity index (χ3v) is 3.03. The molecule has 1 fully saturated rings. The summed E-state index contributed by atoms with van der Waals surface area (Å²) in [5.41, 5.74) is 0.936. The number of benzene rings is 1. The van der Waals surface area contributed by atoms with Crippen LogP contribution in [0, 0.1) is 0 Å². The summed E-state index contributed by atoms with van der Waals surface area (Å²) in [6.07, 6.45) is 3.14. The second-order valence-electron chi connectivity index (χ2n) is 4.50. The molecule has 1 aliphatic rings. The molecule has 1 atom stereocenters. The van der Waals surface area contributed by atoms with Gasteiger partial charge in [-0.2, -0.15) is 0 Å². The zero-order valence-electron chi connectivity index (χ0n) is 10.5. The summed E-state index contributed by atoms with van der Waals surface area (Å²) in [4.78, 5) is 28.3. The highest BCUT2D eigenvalue weighted by Crippen LogP contribution is 2.14. The van der Waals surface area contributed by atoms with Crippen molar-refractivity contribution in [1.82, 2.24) is 4.90 Å². The molecule has 1 N–H and O–H groups in total. The summed E-state index contributed by atoms with van der Waals surface area (Å²) in [6.45, 7) is 0.263. The van der Waals surface area contributed by atoms with Crippen molar-refractivity contribution >= 4 is 18.1 Å². The van der Waals surface area contributed by atoms with E-state index in [1.807, 2.05) is 30.3 Å². The number of piperidine rings is 1. The first kappa shape index (κ1) is 13.3. The minimum Gasteiger partial charge on any atom is -0.480 e. The molecule has 0 aromatic heterocycles. The highest BCUT2D eigenvalue weighted by molar-refractivity contribution is 5.89. The van der Waals surface area contributed by atoms with E-state index in [-0.39, 0.29) is 12.5 Å². The Morgan fingerprint density at radius 3 is 2.84 bits per heavy atom. The highest BCUT2D eigenvalue weighted by Gasteiger charge is 2.28. The van der Waals surface area contributed by atoms with Gasteiger partial charge in [0.25, 0.3) is 0 Å². The van der Waals surface area contributed by atoms with E-state index in [4.69, 9.17) is 5.11 Å². The van der Waals surface area contributed by atoms with Crippen LogP contribution in [0.15, 0.2) is 35.3 Å². The van der Waals surface area contributed by atoms with Gasteiger partial charge in [0.15, 0.2) is 0 Å². The zero-order chi connectivity index (χ0) is 13.7. The molecule has 1 aromatic carbocycles. The summed E-state index contributed by atoms with van der Waals surface area (Å²) in [7, 11) is 0. The molecular weight excluding hydrogens is 244 g/mol. The van der Waals surface area contributed by atoms with Gasteiger partial charge in [0, 0.05) is 12.8 Å². The van der Waals surface area contributed by atoms with Gasteiger partial charge in [-0.1, -0.05) is 30.3 Å². The Bertz CT molecular complexity index is 485. The Balaban J connectivity index is 2.02. The first-order chi connectivity index (χ1) is 9.16. The molecule has 1 unspecified atom stereocenters. The molecule has 0 radical (unpaired) electrons. The summed E-state index contributed by atoms with van der Waals surface area (Å²) < 4.78 is 0. The van der Waals surface area contributed by atoms with E-state index in [1.165, 1.54) is 4.90 Å². The normalized spacial score (nSPS) is 19.9. The summed E-state index contributed by atoms with van der Waals surface area (Å²) in [6, 6.07) is 9.09. The number of hydrogen-bond acceptors (Lipinski definition) is 3. The molecule has 1 aliphatic heterocycles. The Hall–Kier alpha value is -2.17. The van der Waals surface area contributed by atoms with E-state index >= 15 is 0 Å². The van der Waals surface area contributed by atoms with Gasteiger partial charge in [0.05, 0.1) is 0 Å². The van der Waals surface area contributed by atoms with Crippen molar-refractivity contribution in [3.63, 3.8) is 0 Å². The van der Waals surface area contributed by atoms with E-state index in [0.29, 0.717) is 13.0 Å². The van der Waals surface area contributed by atoms with Gasteiger partial charge < -0.3 is 10.0 Å². The monoisotopic (exact) mass is 260 g/mol. The fraction of sp³-hybridized carbons (Fsp3) is 0.357. The second kappa shape index (κ2) is 6.13. The largest absolute Gasteiger partial charge is 0.480 e. The molecular formula is C14H16N2O3. The van der Waals surface area contributed by atoms with Crippen molar-refractivity contribution in [3.05, 3.63) is 35.9 Å². The van der Waals surface area contributed by atoms with Crippen LogP contribution in [0.25, 0.3) is 0 Å². The van der Waals surface area contributed by atoms with Gasteiger partial charge in [-0.25, -0.2) is 0 Å². The van der Waals surface area contributed by atoms with Crippen molar-refractivity contribution in [1.29, 1.82) is 0 Å². The van der Waals surface area contributed by atoms with Crippen molar-refractivity contribution < 1.29 is 14.7 Å².